The molecular weight excluding hydrogens is 622 g/mol. The fourth-order valence-electron chi connectivity index (χ4n) is 5.49. The molecule has 1 fully saturated rings. The van der Waals surface area contributed by atoms with Crippen LogP contribution in [0.15, 0.2) is 48.5 Å². The Morgan fingerprint density at radius 3 is 1.94 bits per heavy atom. The van der Waals surface area contributed by atoms with Crippen LogP contribution in [0.2, 0.25) is 0 Å². The molecule has 11 nitrogen and oxygen atoms in total. The molecule has 1 heterocycles. The summed E-state index contributed by atoms with van der Waals surface area (Å²) in [5.74, 6) is 1.30. The van der Waals surface area contributed by atoms with Gasteiger partial charge in [0, 0.05) is 48.0 Å². The summed E-state index contributed by atoms with van der Waals surface area (Å²) in [4.78, 5) is 39.0. The van der Waals surface area contributed by atoms with E-state index in [-0.39, 0.29) is 49.7 Å². The molecule has 12 heteroatoms. The molecule has 0 aromatic heterocycles. The monoisotopic (exact) mass is 673 g/mol. The first-order valence-electron chi connectivity index (χ1n) is 16.1. The van der Waals surface area contributed by atoms with Gasteiger partial charge in [0.05, 0.1) is 25.2 Å². The van der Waals surface area contributed by atoms with Crippen molar-refractivity contribution in [2.45, 2.75) is 64.2 Å². The second kappa shape index (κ2) is 18.3. The number of aliphatic hydroxyl groups is 2. The van der Waals surface area contributed by atoms with E-state index >= 15 is 0 Å². The summed E-state index contributed by atoms with van der Waals surface area (Å²) >= 11 is 1.75. The molecule has 1 unspecified atom stereocenters. The summed E-state index contributed by atoms with van der Waals surface area (Å²) in [5, 5.41) is 24.5. The standard InChI is InChI=1S/C35H51N3O8S/c1-25(2)30(38-16-6-7-31(38)41)20-34(3,4)47-18-17-45-32(42)36-28-12-8-26(9-13-28)19-27-10-14-29(15-11-27)37-33(43)46-24-35(21-39,22-40)23-44-5/h8-15,25,30,39-40H,6-7,16-24H2,1-5H3,(H,36,42)(H,37,43). The second-order valence-electron chi connectivity index (χ2n) is 13.1. The average Bonchev–Trinajstić information content (AvgIpc) is 3.47. The van der Waals surface area contributed by atoms with Crippen molar-refractivity contribution in [3.63, 3.8) is 0 Å². The number of hydrogen-bond acceptors (Lipinski definition) is 9. The van der Waals surface area contributed by atoms with Crippen LogP contribution in [-0.4, -0.2) is 96.4 Å². The van der Waals surface area contributed by atoms with Crippen molar-refractivity contribution >= 4 is 41.2 Å². The molecule has 3 rings (SSSR count). The van der Waals surface area contributed by atoms with Crippen LogP contribution in [0.1, 0.15) is 58.1 Å². The summed E-state index contributed by atoms with van der Waals surface area (Å²) in [7, 11) is 1.44. The van der Waals surface area contributed by atoms with E-state index in [1.54, 1.807) is 23.9 Å². The minimum atomic E-state index is -1.06. The third-order valence-electron chi connectivity index (χ3n) is 8.23. The second-order valence-corrected chi connectivity index (χ2v) is 14.9. The Hall–Kier alpha value is -3.32. The Kier molecular flexibility index (Phi) is 14.8. The van der Waals surface area contributed by atoms with Gasteiger partial charge in [0.25, 0.3) is 0 Å². The SMILES string of the molecule is COCC(CO)(CO)COC(=O)Nc1ccc(Cc2ccc(NC(=O)OCCSC(C)(C)CC(C(C)C)N3CCCC3=O)cc2)cc1. The fraction of sp³-hybridized carbons (Fsp3) is 0.571. The van der Waals surface area contributed by atoms with Crippen LogP contribution in [0.4, 0.5) is 21.0 Å². The van der Waals surface area contributed by atoms with Gasteiger partial charge < -0.3 is 29.3 Å². The van der Waals surface area contributed by atoms with E-state index in [1.807, 2.05) is 41.3 Å². The third-order valence-corrected chi connectivity index (χ3v) is 9.55. The Morgan fingerprint density at radius 1 is 0.915 bits per heavy atom. The number of rotatable bonds is 18. The predicted octanol–water partition coefficient (Wildman–Crippen LogP) is 5.54. The summed E-state index contributed by atoms with van der Waals surface area (Å²) in [5.41, 5.74) is 2.18. The first-order chi connectivity index (χ1) is 22.4. The number of likely N-dealkylation sites (tertiary alicyclic amines) is 1. The average molecular weight is 674 g/mol. The van der Waals surface area contributed by atoms with Gasteiger partial charge in [0.1, 0.15) is 13.2 Å². The van der Waals surface area contributed by atoms with Crippen molar-refractivity contribution in [3.8, 4) is 0 Å². The molecule has 260 valence electrons. The molecule has 2 aromatic rings. The molecule has 0 radical (unpaired) electrons. The summed E-state index contributed by atoms with van der Waals surface area (Å²) in [6.45, 7) is 8.93. The van der Waals surface area contributed by atoms with Gasteiger partial charge in [-0.05, 0) is 60.6 Å². The summed E-state index contributed by atoms with van der Waals surface area (Å²) < 4.78 is 15.6. The molecule has 47 heavy (non-hydrogen) atoms. The van der Waals surface area contributed by atoms with E-state index in [4.69, 9.17) is 14.2 Å². The summed E-state index contributed by atoms with van der Waals surface area (Å²) in [6, 6.07) is 15.0. The predicted molar refractivity (Wildman–Crippen MR) is 185 cm³/mol. The first-order valence-corrected chi connectivity index (χ1v) is 17.1. The molecule has 1 atom stereocenters. The van der Waals surface area contributed by atoms with Crippen LogP contribution in [0.25, 0.3) is 0 Å². The maximum absolute atomic E-state index is 12.4. The minimum absolute atomic E-state index is 0.0470. The van der Waals surface area contributed by atoms with Crippen LogP contribution in [0, 0.1) is 11.3 Å². The zero-order chi connectivity index (χ0) is 34.5. The van der Waals surface area contributed by atoms with Crippen LogP contribution in [-0.2, 0) is 25.4 Å². The highest BCUT2D eigenvalue weighted by Gasteiger charge is 2.34. The molecule has 3 amide bonds. The molecule has 1 aliphatic rings. The van der Waals surface area contributed by atoms with Crippen molar-refractivity contribution in [2.75, 3.05) is 63.1 Å². The van der Waals surface area contributed by atoms with Gasteiger partial charge in [-0.1, -0.05) is 52.0 Å². The molecule has 0 saturated carbocycles. The number of amides is 3. The minimum Gasteiger partial charge on any atom is -0.448 e. The molecular formula is C35H51N3O8S. The van der Waals surface area contributed by atoms with Crippen LogP contribution in [0.3, 0.4) is 0 Å². The van der Waals surface area contributed by atoms with E-state index in [0.717, 1.165) is 30.5 Å². The molecule has 1 saturated heterocycles. The van der Waals surface area contributed by atoms with Crippen LogP contribution >= 0.6 is 11.8 Å². The highest BCUT2D eigenvalue weighted by atomic mass is 32.2. The Balaban J connectivity index is 1.38. The van der Waals surface area contributed by atoms with Gasteiger partial charge in [-0.15, -0.1) is 0 Å². The van der Waals surface area contributed by atoms with E-state index in [9.17, 15) is 24.6 Å². The molecule has 0 aliphatic carbocycles. The number of ether oxygens (including phenoxy) is 3. The number of nitrogens with one attached hydrogen (secondary N) is 2. The maximum atomic E-state index is 12.4. The molecule has 2 aromatic carbocycles. The third kappa shape index (κ3) is 12.3. The maximum Gasteiger partial charge on any atom is 0.411 e. The van der Waals surface area contributed by atoms with Gasteiger partial charge in [0.15, 0.2) is 0 Å². The normalized spacial score (nSPS) is 14.3. The number of nitrogens with zero attached hydrogens (tertiary/aromatic N) is 1. The van der Waals surface area contributed by atoms with Crippen LogP contribution < -0.4 is 10.6 Å². The smallest absolute Gasteiger partial charge is 0.411 e. The zero-order valence-corrected chi connectivity index (χ0v) is 29.1. The van der Waals surface area contributed by atoms with Crippen molar-refractivity contribution in [3.05, 3.63) is 59.7 Å². The lowest BCUT2D eigenvalue weighted by molar-refractivity contribution is -0.130. The van der Waals surface area contributed by atoms with Gasteiger partial charge in [0.2, 0.25) is 5.91 Å². The number of anilines is 2. The summed E-state index contributed by atoms with van der Waals surface area (Å²) in [6.07, 6.45) is 1.93. The fourth-order valence-corrected chi connectivity index (χ4v) is 6.50. The van der Waals surface area contributed by atoms with E-state index < -0.39 is 17.6 Å². The van der Waals surface area contributed by atoms with Crippen molar-refractivity contribution in [1.29, 1.82) is 0 Å². The lowest BCUT2D eigenvalue weighted by Crippen LogP contribution is -2.43. The largest absolute Gasteiger partial charge is 0.448 e. The quantitative estimate of drug-likeness (QED) is 0.150. The Morgan fingerprint density at radius 2 is 1.47 bits per heavy atom. The number of benzene rings is 2. The zero-order valence-electron chi connectivity index (χ0n) is 28.3. The van der Waals surface area contributed by atoms with Gasteiger partial charge in [-0.3, -0.25) is 15.4 Å². The molecule has 1 aliphatic heterocycles. The number of methoxy groups -OCH3 is 1. The Bertz CT molecular complexity index is 1280. The van der Waals surface area contributed by atoms with Gasteiger partial charge >= 0.3 is 12.2 Å². The van der Waals surface area contributed by atoms with E-state index in [1.165, 1.54) is 7.11 Å². The van der Waals surface area contributed by atoms with E-state index in [0.29, 0.717) is 35.9 Å². The number of aliphatic hydroxyl groups excluding tert-OH is 2. The number of carbonyl (C=O) groups excluding carboxylic acids is 3. The van der Waals surface area contributed by atoms with Gasteiger partial charge in [-0.25, -0.2) is 9.59 Å². The lowest BCUT2D eigenvalue weighted by atomic mass is 9.92. The highest BCUT2D eigenvalue weighted by Crippen LogP contribution is 2.34. The van der Waals surface area contributed by atoms with Gasteiger partial charge in [-0.2, -0.15) is 11.8 Å². The highest BCUT2D eigenvalue weighted by molar-refractivity contribution is 8.00. The topological polar surface area (TPSA) is 147 Å². The van der Waals surface area contributed by atoms with Crippen LogP contribution in [0.5, 0.6) is 0 Å². The molecule has 0 bridgehead atoms. The number of hydrogen-bond donors (Lipinski definition) is 4. The van der Waals surface area contributed by atoms with E-state index in [2.05, 4.69) is 38.3 Å². The van der Waals surface area contributed by atoms with Crippen molar-refractivity contribution in [2.24, 2.45) is 11.3 Å². The molecule has 0 spiro atoms. The van der Waals surface area contributed by atoms with Crippen molar-refractivity contribution in [1.82, 2.24) is 4.90 Å². The van der Waals surface area contributed by atoms with Crippen molar-refractivity contribution < 1.29 is 38.8 Å². The Labute approximate surface area is 282 Å². The number of carbonyl (C=O) groups is 3. The molecule has 4 N–H and O–H groups in total. The first kappa shape index (κ1) is 38.1. The lowest BCUT2D eigenvalue weighted by Gasteiger charge is -2.37. The number of thioether (sulfide) groups is 1.